The Labute approximate surface area is 292 Å². The highest BCUT2D eigenvalue weighted by Gasteiger charge is 2.42. The van der Waals surface area contributed by atoms with Crippen molar-refractivity contribution in [3.63, 3.8) is 0 Å². The number of nitriles is 1. The zero-order valence-electron chi connectivity index (χ0n) is 27.0. The number of hydrogen-bond acceptors (Lipinski definition) is 1. The van der Waals surface area contributed by atoms with Crippen molar-refractivity contribution in [3.8, 4) is 22.9 Å². The predicted molar refractivity (Wildman–Crippen MR) is 207 cm³/mol. The number of fused-ring (bicyclic) bond motifs is 3. The quantitative estimate of drug-likeness (QED) is 0.101. The second-order valence-corrected chi connectivity index (χ2v) is 16.0. The summed E-state index contributed by atoms with van der Waals surface area (Å²) in [5.41, 5.74) is 6.60. The molecule has 1 heterocycles. The SMILES string of the molecule is [C-]#[N+]c1ccc2c(c1)c1cc(C#N)ccc1n2-c1cccc(-c2ccc([Si](c3ccccc3)(c3ccccc3)c3ccccc3)c([N+]#[C-])c2)c1. The molecule has 0 fully saturated rings. The molecular weight excluding hydrogens is 625 g/mol. The molecule has 0 radical (unpaired) electrons. The molecule has 232 valence electrons. The fraction of sp³-hybridized carbons (Fsp3) is 0. The highest BCUT2D eigenvalue weighted by atomic mass is 28.3. The predicted octanol–water partition coefficient (Wildman–Crippen LogP) is 8.80. The summed E-state index contributed by atoms with van der Waals surface area (Å²) >= 11 is 0. The number of benzene rings is 7. The van der Waals surface area contributed by atoms with E-state index in [0.29, 0.717) is 16.9 Å². The normalized spacial score (nSPS) is 11.1. The van der Waals surface area contributed by atoms with Crippen LogP contribution in [0.3, 0.4) is 0 Å². The van der Waals surface area contributed by atoms with Crippen LogP contribution in [0.4, 0.5) is 11.4 Å². The van der Waals surface area contributed by atoms with Crippen LogP contribution < -0.4 is 20.7 Å². The Hall–Kier alpha value is -6.97. The Balaban J connectivity index is 1.33. The van der Waals surface area contributed by atoms with E-state index in [1.54, 1.807) is 0 Å². The van der Waals surface area contributed by atoms with Crippen molar-refractivity contribution >= 4 is 62.0 Å². The Morgan fingerprint density at radius 3 is 1.68 bits per heavy atom. The maximum Gasteiger partial charge on any atom is 0.188 e. The van der Waals surface area contributed by atoms with E-state index in [1.165, 1.54) is 15.6 Å². The van der Waals surface area contributed by atoms with Crippen LogP contribution in [0.2, 0.25) is 0 Å². The van der Waals surface area contributed by atoms with Crippen LogP contribution in [0, 0.1) is 24.5 Å². The van der Waals surface area contributed by atoms with Crippen LogP contribution in [0.1, 0.15) is 5.56 Å². The van der Waals surface area contributed by atoms with Gasteiger partial charge in [0.2, 0.25) is 0 Å². The summed E-state index contributed by atoms with van der Waals surface area (Å²) in [5, 5.41) is 16.2. The van der Waals surface area contributed by atoms with E-state index in [-0.39, 0.29) is 0 Å². The summed E-state index contributed by atoms with van der Waals surface area (Å²) in [6.45, 7) is 16.1. The van der Waals surface area contributed by atoms with E-state index in [9.17, 15) is 5.26 Å². The molecular formula is C45H28N4Si. The van der Waals surface area contributed by atoms with Crippen molar-refractivity contribution in [2.75, 3.05) is 0 Å². The minimum atomic E-state index is -2.88. The minimum Gasteiger partial charge on any atom is -0.309 e. The molecule has 0 bridgehead atoms. The fourth-order valence-corrected chi connectivity index (χ4v) is 12.3. The third-order valence-electron chi connectivity index (χ3n) is 9.59. The van der Waals surface area contributed by atoms with E-state index in [2.05, 4.69) is 123 Å². The lowest BCUT2D eigenvalue weighted by molar-refractivity contribution is 1.18. The van der Waals surface area contributed by atoms with Crippen LogP contribution in [0.25, 0.3) is 48.3 Å². The van der Waals surface area contributed by atoms with Crippen molar-refractivity contribution in [2.24, 2.45) is 0 Å². The average molecular weight is 653 g/mol. The molecule has 4 nitrogen and oxygen atoms in total. The highest BCUT2D eigenvalue weighted by Crippen LogP contribution is 2.36. The van der Waals surface area contributed by atoms with Gasteiger partial charge in [-0.3, -0.25) is 0 Å². The van der Waals surface area contributed by atoms with Gasteiger partial charge in [0, 0.05) is 11.1 Å². The van der Waals surface area contributed by atoms with Crippen LogP contribution in [-0.4, -0.2) is 12.6 Å². The van der Waals surface area contributed by atoms with Gasteiger partial charge in [-0.25, -0.2) is 9.69 Å². The first-order valence-corrected chi connectivity index (χ1v) is 18.3. The molecule has 0 N–H and O–H groups in total. The fourth-order valence-electron chi connectivity index (χ4n) is 7.40. The Morgan fingerprint density at radius 1 is 0.520 bits per heavy atom. The molecule has 5 heteroatoms. The second-order valence-electron chi connectivity index (χ2n) is 12.2. The minimum absolute atomic E-state index is 0.556. The lowest BCUT2D eigenvalue weighted by Gasteiger charge is -2.35. The third-order valence-corrected chi connectivity index (χ3v) is 14.4. The topological polar surface area (TPSA) is 37.4 Å². The maximum atomic E-state index is 9.64. The van der Waals surface area contributed by atoms with Gasteiger partial charge in [-0.1, -0.05) is 121 Å². The molecule has 0 spiro atoms. The Bertz CT molecular complexity index is 2510. The standard InChI is InChI=1S/C45H28N4Si/c1-47-35-23-25-44-41(30-35)40-27-32(31-46)21-24-43(40)49(44)36-14-12-13-33(28-36)34-22-26-45(42(29-34)48-2)50(37-15-6-3-7-16-37,38-17-8-4-9-18-38)39-19-10-5-11-20-39/h3-30H. The molecule has 0 saturated heterocycles. The number of nitrogens with zero attached hydrogens (tertiary/aromatic N) is 4. The molecule has 0 aliphatic carbocycles. The summed E-state index contributed by atoms with van der Waals surface area (Å²) < 4.78 is 2.19. The first kappa shape index (κ1) is 30.4. The van der Waals surface area contributed by atoms with E-state index < -0.39 is 8.07 Å². The summed E-state index contributed by atoms with van der Waals surface area (Å²) in [6, 6.07) is 60.4. The van der Waals surface area contributed by atoms with Crippen molar-refractivity contribution in [1.82, 2.24) is 4.57 Å². The van der Waals surface area contributed by atoms with Gasteiger partial charge < -0.3 is 4.57 Å². The Morgan fingerprint density at radius 2 is 1.10 bits per heavy atom. The van der Waals surface area contributed by atoms with E-state index >= 15 is 0 Å². The van der Waals surface area contributed by atoms with Crippen molar-refractivity contribution in [1.29, 1.82) is 5.26 Å². The molecule has 0 amide bonds. The van der Waals surface area contributed by atoms with E-state index in [0.717, 1.165) is 43.8 Å². The van der Waals surface area contributed by atoms with Crippen LogP contribution in [0.5, 0.6) is 0 Å². The van der Waals surface area contributed by atoms with Gasteiger partial charge in [0.15, 0.2) is 19.4 Å². The summed E-state index contributed by atoms with van der Waals surface area (Å²) in [7, 11) is -2.88. The summed E-state index contributed by atoms with van der Waals surface area (Å²) in [4.78, 5) is 7.87. The van der Waals surface area contributed by atoms with E-state index in [4.69, 9.17) is 13.1 Å². The van der Waals surface area contributed by atoms with Gasteiger partial charge in [0.1, 0.15) is 0 Å². The molecule has 1 aromatic heterocycles. The number of aromatic nitrogens is 1. The van der Waals surface area contributed by atoms with Crippen molar-refractivity contribution in [2.45, 2.75) is 0 Å². The smallest absolute Gasteiger partial charge is 0.188 e. The monoisotopic (exact) mass is 652 g/mol. The van der Waals surface area contributed by atoms with Crippen LogP contribution >= 0.6 is 0 Å². The molecule has 50 heavy (non-hydrogen) atoms. The summed E-state index contributed by atoms with van der Waals surface area (Å²) in [6.07, 6.45) is 0. The molecule has 0 saturated carbocycles. The average Bonchev–Trinajstić information content (AvgIpc) is 3.52. The lowest BCUT2D eigenvalue weighted by atomic mass is 10.0. The van der Waals surface area contributed by atoms with Gasteiger partial charge in [-0.15, -0.1) is 0 Å². The molecule has 0 atom stereocenters. The maximum absolute atomic E-state index is 9.64. The number of hydrogen-bond donors (Lipinski definition) is 0. The van der Waals surface area contributed by atoms with E-state index in [1.807, 2.05) is 66.7 Å². The van der Waals surface area contributed by atoms with Gasteiger partial charge in [-0.05, 0) is 85.8 Å². The highest BCUT2D eigenvalue weighted by molar-refractivity contribution is 7.20. The van der Waals surface area contributed by atoms with Crippen LogP contribution in [0.15, 0.2) is 170 Å². The molecule has 8 aromatic rings. The first-order chi connectivity index (χ1) is 24.6. The molecule has 8 rings (SSSR count). The third kappa shape index (κ3) is 4.88. The lowest BCUT2D eigenvalue weighted by Crippen LogP contribution is -2.74. The van der Waals surface area contributed by atoms with Crippen molar-refractivity contribution < 1.29 is 0 Å². The zero-order valence-corrected chi connectivity index (χ0v) is 28.0. The summed E-state index contributed by atoms with van der Waals surface area (Å²) in [5.74, 6) is 0. The van der Waals surface area contributed by atoms with Gasteiger partial charge in [-0.2, -0.15) is 5.26 Å². The van der Waals surface area contributed by atoms with Crippen LogP contribution in [-0.2, 0) is 0 Å². The zero-order chi connectivity index (χ0) is 34.1. The molecule has 0 aliphatic heterocycles. The molecule has 0 aliphatic rings. The Kier molecular flexibility index (Phi) is 7.63. The first-order valence-electron chi connectivity index (χ1n) is 16.3. The molecule has 7 aromatic carbocycles. The van der Waals surface area contributed by atoms with Crippen molar-refractivity contribution in [3.05, 3.63) is 198 Å². The number of rotatable bonds is 6. The molecule has 0 unspecified atom stereocenters. The van der Waals surface area contributed by atoms with Gasteiger partial charge in [0.05, 0.1) is 35.8 Å². The largest absolute Gasteiger partial charge is 0.309 e. The second kappa shape index (κ2) is 12.6. The van der Waals surface area contributed by atoms with Gasteiger partial charge in [0.25, 0.3) is 0 Å². The van der Waals surface area contributed by atoms with Gasteiger partial charge >= 0.3 is 0 Å².